The van der Waals surface area contributed by atoms with Crippen LogP contribution in [0.3, 0.4) is 0 Å². The summed E-state index contributed by atoms with van der Waals surface area (Å²) in [5.41, 5.74) is 0. The summed E-state index contributed by atoms with van der Waals surface area (Å²) in [5.74, 6) is 1.75. The molecule has 1 N–H and O–H groups in total. The van der Waals surface area contributed by atoms with Gasteiger partial charge in [0, 0.05) is 6.04 Å². The van der Waals surface area contributed by atoms with E-state index in [0.29, 0.717) is 6.04 Å². The van der Waals surface area contributed by atoms with Crippen LogP contribution in [0.5, 0.6) is 5.75 Å². The van der Waals surface area contributed by atoms with Gasteiger partial charge in [-0.3, -0.25) is 0 Å². The topological polar surface area (TPSA) is 21.3 Å². The Kier molecular flexibility index (Phi) is 7.51. The molecule has 2 nitrogen and oxygen atoms in total. The summed E-state index contributed by atoms with van der Waals surface area (Å²) >= 11 is 0. The summed E-state index contributed by atoms with van der Waals surface area (Å²) in [6.45, 7) is 8.57. The molecule has 1 rings (SSSR count). The number of ether oxygens (including phenoxy) is 1. The van der Waals surface area contributed by atoms with Gasteiger partial charge in [0.05, 0.1) is 6.61 Å². The molecular formula is C16H27NO. The lowest BCUT2D eigenvalue weighted by molar-refractivity contribution is 0.270. The molecule has 0 bridgehead atoms. The number of para-hydroxylation sites is 1. The van der Waals surface area contributed by atoms with E-state index < -0.39 is 0 Å². The molecule has 0 saturated heterocycles. The van der Waals surface area contributed by atoms with E-state index in [9.17, 15) is 0 Å². The first-order chi connectivity index (χ1) is 8.76. The van der Waals surface area contributed by atoms with Crippen LogP contribution in [0.2, 0.25) is 0 Å². The number of hydrogen-bond donors (Lipinski definition) is 1. The number of benzene rings is 1. The zero-order chi connectivity index (χ0) is 13.2. The first-order valence-electron chi connectivity index (χ1n) is 7.17. The fourth-order valence-corrected chi connectivity index (χ4v) is 2.08. The Morgan fingerprint density at radius 2 is 1.89 bits per heavy atom. The van der Waals surface area contributed by atoms with E-state index in [2.05, 4.69) is 26.1 Å². The van der Waals surface area contributed by atoms with Gasteiger partial charge in [0.15, 0.2) is 0 Å². The molecule has 0 aliphatic carbocycles. The molecule has 2 atom stereocenters. The number of hydrogen-bond acceptors (Lipinski definition) is 2. The second-order valence-corrected chi connectivity index (χ2v) is 4.95. The van der Waals surface area contributed by atoms with Crippen molar-refractivity contribution in [3.05, 3.63) is 30.3 Å². The molecule has 0 aromatic heterocycles. The van der Waals surface area contributed by atoms with E-state index in [4.69, 9.17) is 4.74 Å². The van der Waals surface area contributed by atoms with Crippen LogP contribution in [-0.4, -0.2) is 19.2 Å². The highest BCUT2D eigenvalue weighted by Gasteiger charge is 2.11. The van der Waals surface area contributed by atoms with Gasteiger partial charge < -0.3 is 10.1 Å². The minimum Gasteiger partial charge on any atom is -0.494 e. The molecule has 0 saturated carbocycles. The van der Waals surface area contributed by atoms with Crippen LogP contribution >= 0.6 is 0 Å². The Bertz CT molecular complexity index is 299. The van der Waals surface area contributed by atoms with Gasteiger partial charge in [0.25, 0.3) is 0 Å². The van der Waals surface area contributed by atoms with Gasteiger partial charge in [0.1, 0.15) is 5.75 Å². The van der Waals surface area contributed by atoms with Crippen molar-refractivity contribution in [2.45, 2.75) is 46.1 Å². The first-order valence-corrected chi connectivity index (χ1v) is 7.17. The van der Waals surface area contributed by atoms with Gasteiger partial charge in [-0.2, -0.15) is 0 Å². The van der Waals surface area contributed by atoms with Crippen molar-refractivity contribution in [2.24, 2.45) is 5.92 Å². The predicted molar refractivity (Wildman–Crippen MR) is 78.1 cm³/mol. The molecule has 1 aromatic carbocycles. The van der Waals surface area contributed by atoms with Gasteiger partial charge in [0.2, 0.25) is 0 Å². The summed E-state index contributed by atoms with van der Waals surface area (Å²) in [6, 6.07) is 10.6. The quantitative estimate of drug-likeness (QED) is 0.717. The van der Waals surface area contributed by atoms with Crippen molar-refractivity contribution in [1.82, 2.24) is 5.32 Å². The van der Waals surface area contributed by atoms with Crippen LogP contribution in [-0.2, 0) is 0 Å². The molecule has 0 heterocycles. The molecule has 0 amide bonds. The molecule has 0 spiro atoms. The lowest BCUT2D eigenvalue weighted by Gasteiger charge is -2.21. The van der Waals surface area contributed by atoms with E-state index in [1.165, 1.54) is 12.8 Å². The number of rotatable bonds is 9. The Morgan fingerprint density at radius 3 is 2.50 bits per heavy atom. The molecule has 1 aromatic rings. The van der Waals surface area contributed by atoms with Crippen molar-refractivity contribution in [3.63, 3.8) is 0 Å². The fraction of sp³-hybridized carbons (Fsp3) is 0.625. The summed E-state index contributed by atoms with van der Waals surface area (Å²) in [4.78, 5) is 0. The number of nitrogens with one attached hydrogen (secondary N) is 1. The van der Waals surface area contributed by atoms with E-state index in [0.717, 1.165) is 31.2 Å². The third kappa shape index (κ3) is 6.06. The standard InChI is InChI=1S/C16H27NO/c1-4-14(3)13-15(17-5-2)11-12-18-16-9-7-6-8-10-16/h6-10,14-15,17H,4-5,11-13H2,1-3H3. The maximum Gasteiger partial charge on any atom is 0.119 e. The monoisotopic (exact) mass is 249 g/mol. The molecule has 18 heavy (non-hydrogen) atoms. The van der Waals surface area contributed by atoms with Gasteiger partial charge >= 0.3 is 0 Å². The average Bonchev–Trinajstić information content (AvgIpc) is 2.40. The summed E-state index contributed by atoms with van der Waals surface area (Å²) in [7, 11) is 0. The lowest BCUT2D eigenvalue weighted by Crippen LogP contribution is -2.32. The van der Waals surface area contributed by atoms with Crippen molar-refractivity contribution in [2.75, 3.05) is 13.2 Å². The second-order valence-electron chi connectivity index (χ2n) is 4.95. The third-order valence-electron chi connectivity index (χ3n) is 3.35. The SMILES string of the molecule is CCNC(CCOc1ccccc1)CC(C)CC. The van der Waals surface area contributed by atoms with E-state index in [1.54, 1.807) is 0 Å². The van der Waals surface area contributed by atoms with Crippen LogP contribution in [0.15, 0.2) is 30.3 Å². The van der Waals surface area contributed by atoms with Crippen LogP contribution in [0.25, 0.3) is 0 Å². The molecule has 0 radical (unpaired) electrons. The highest BCUT2D eigenvalue weighted by molar-refractivity contribution is 5.20. The third-order valence-corrected chi connectivity index (χ3v) is 3.35. The molecule has 0 aliphatic rings. The fourth-order valence-electron chi connectivity index (χ4n) is 2.08. The van der Waals surface area contributed by atoms with Crippen LogP contribution in [0.4, 0.5) is 0 Å². The lowest BCUT2D eigenvalue weighted by atomic mass is 9.97. The molecule has 0 fully saturated rings. The van der Waals surface area contributed by atoms with E-state index in [-0.39, 0.29) is 0 Å². The molecule has 2 unspecified atom stereocenters. The Morgan fingerprint density at radius 1 is 1.17 bits per heavy atom. The Hall–Kier alpha value is -1.02. The summed E-state index contributed by atoms with van der Waals surface area (Å²) in [6.07, 6.45) is 3.57. The highest BCUT2D eigenvalue weighted by Crippen LogP contribution is 2.14. The first kappa shape index (κ1) is 15.0. The summed E-state index contributed by atoms with van der Waals surface area (Å²) < 4.78 is 5.76. The second kappa shape index (κ2) is 8.98. The molecular weight excluding hydrogens is 222 g/mol. The summed E-state index contributed by atoms with van der Waals surface area (Å²) in [5, 5.41) is 3.55. The van der Waals surface area contributed by atoms with Crippen LogP contribution in [0.1, 0.15) is 40.0 Å². The van der Waals surface area contributed by atoms with Gasteiger partial charge in [-0.15, -0.1) is 0 Å². The van der Waals surface area contributed by atoms with E-state index in [1.807, 2.05) is 30.3 Å². The van der Waals surface area contributed by atoms with Crippen molar-refractivity contribution >= 4 is 0 Å². The van der Waals surface area contributed by atoms with Gasteiger partial charge in [-0.1, -0.05) is 45.4 Å². The Balaban J connectivity index is 2.28. The predicted octanol–water partition coefficient (Wildman–Crippen LogP) is 3.87. The zero-order valence-electron chi connectivity index (χ0n) is 12.0. The maximum atomic E-state index is 5.76. The maximum absolute atomic E-state index is 5.76. The van der Waals surface area contributed by atoms with Crippen molar-refractivity contribution in [3.8, 4) is 5.75 Å². The minimum absolute atomic E-state index is 0.577. The highest BCUT2D eigenvalue weighted by atomic mass is 16.5. The molecule has 102 valence electrons. The molecule has 0 aliphatic heterocycles. The van der Waals surface area contributed by atoms with Crippen molar-refractivity contribution in [1.29, 1.82) is 0 Å². The molecule has 2 heteroatoms. The van der Waals surface area contributed by atoms with Crippen LogP contribution in [0, 0.1) is 5.92 Å². The average molecular weight is 249 g/mol. The van der Waals surface area contributed by atoms with Gasteiger partial charge in [-0.25, -0.2) is 0 Å². The smallest absolute Gasteiger partial charge is 0.119 e. The van der Waals surface area contributed by atoms with Gasteiger partial charge in [-0.05, 0) is 37.4 Å². The normalized spacial score (nSPS) is 14.2. The Labute approximate surface area is 112 Å². The van der Waals surface area contributed by atoms with E-state index >= 15 is 0 Å². The zero-order valence-corrected chi connectivity index (χ0v) is 12.0. The minimum atomic E-state index is 0.577. The largest absolute Gasteiger partial charge is 0.494 e. The van der Waals surface area contributed by atoms with Crippen molar-refractivity contribution < 1.29 is 4.74 Å². The van der Waals surface area contributed by atoms with Crippen LogP contribution < -0.4 is 10.1 Å².